The van der Waals surface area contributed by atoms with Gasteiger partial charge in [0.05, 0.1) is 29.5 Å². The molecule has 2 aromatic rings. The Kier molecular flexibility index (Phi) is 5.43. The quantitative estimate of drug-likeness (QED) is 0.843. The van der Waals surface area contributed by atoms with Crippen LogP contribution in [-0.4, -0.2) is 34.7 Å². The van der Waals surface area contributed by atoms with Crippen LogP contribution in [0.3, 0.4) is 0 Å². The minimum absolute atomic E-state index is 0.146. The molecule has 0 atom stereocenters. The van der Waals surface area contributed by atoms with Crippen LogP contribution in [-0.2, 0) is 14.8 Å². The van der Waals surface area contributed by atoms with Gasteiger partial charge in [-0.15, -0.1) is 0 Å². The molecule has 1 aliphatic rings. The number of rotatable bonds is 4. The predicted octanol–water partition coefficient (Wildman–Crippen LogP) is 3.94. The van der Waals surface area contributed by atoms with E-state index in [1.807, 2.05) is 6.07 Å². The zero-order valence-electron chi connectivity index (χ0n) is 13.6. The molecular formula is C17H18Cl2N2O3S. The monoisotopic (exact) mass is 400 g/mol. The van der Waals surface area contributed by atoms with Crippen molar-refractivity contribution in [1.82, 2.24) is 0 Å². The van der Waals surface area contributed by atoms with Crippen molar-refractivity contribution in [3.05, 3.63) is 52.0 Å². The number of hydrogen-bond acceptors (Lipinski definition) is 4. The van der Waals surface area contributed by atoms with E-state index in [1.54, 1.807) is 31.2 Å². The maximum absolute atomic E-state index is 12.9. The van der Waals surface area contributed by atoms with Crippen LogP contribution in [0.2, 0.25) is 10.0 Å². The summed E-state index contributed by atoms with van der Waals surface area (Å²) in [6, 6.07) is 9.98. The lowest BCUT2D eigenvalue weighted by atomic mass is 10.2. The molecule has 8 heteroatoms. The largest absolute Gasteiger partial charge is 0.378 e. The molecule has 1 N–H and O–H groups in total. The molecular weight excluding hydrogens is 383 g/mol. The van der Waals surface area contributed by atoms with Gasteiger partial charge in [-0.25, -0.2) is 8.42 Å². The van der Waals surface area contributed by atoms with E-state index in [0.29, 0.717) is 47.6 Å². The number of nitrogens with zero attached hydrogens (tertiary/aromatic N) is 1. The van der Waals surface area contributed by atoms with Gasteiger partial charge < -0.3 is 9.64 Å². The van der Waals surface area contributed by atoms with Crippen LogP contribution in [0.5, 0.6) is 0 Å². The van der Waals surface area contributed by atoms with Gasteiger partial charge >= 0.3 is 0 Å². The van der Waals surface area contributed by atoms with E-state index in [1.165, 1.54) is 6.07 Å². The third-order valence-corrected chi connectivity index (χ3v) is 6.22. The topological polar surface area (TPSA) is 58.6 Å². The van der Waals surface area contributed by atoms with Crippen molar-refractivity contribution in [2.75, 3.05) is 35.9 Å². The number of hydrogen-bond donors (Lipinski definition) is 1. The first-order chi connectivity index (χ1) is 11.9. The van der Waals surface area contributed by atoms with Crippen LogP contribution < -0.4 is 9.62 Å². The molecule has 0 saturated carbocycles. The van der Waals surface area contributed by atoms with Gasteiger partial charge in [-0.1, -0.05) is 29.3 Å². The molecule has 2 aromatic carbocycles. The van der Waals surface area contributed by atoms with E-state index in [9.17, 15) is 8.42 Å². The fourth-order valence-corrected chi connectivity index (χ4v) is 4.48. The average Bonchev–Trinajstić information content (AvgIpc) is 2.58. The minimum Gasteiger partial charge on any atom is -0.378 e. The van der Waals surface area contributed by atoms with E-state index < -0.39 is 10.0 Å². The first-order valence-corrected chi connectivity index (χ1v) is 10.0. The normalized spacial score (nSPS) is 15.2. The summed E-state index contributed by atoms with van der Waals surface area (Å²) in [5.74, 6) is 0. The molecule has 0 radical (unpaired) electrons. The van der Waals surface area contributed by atoms with Gasteiger partial charge in [-0.2, -0.15) is 0 Å². The molecule has 3 rings (SSSR count). The average molecular weight is 401 g/mol. The summed E-state index contributed by atoms with van der Waals surface area (Å²) in [5, 5.41) is 0.861. The highest BCUT2D eigenvalue weighted by Gasteiger charge is 2.22. The second-order valence-electron chi connectivity index (χ2n) is 5.73. The number of halogens is 2. The molecule has 5 nitrogen and oxygen atoms in total. The SMILES string of the molecule is Cc1c(Cl)cccc1S(=O)(=O)Nc1cc(Cl)ccc1N1CCOCC1. The number of benzene rings is 2. The lowest BCUT2D eigenvalue weighted by Gasteiger charge is -2.30. The van der Waals surface area contributed by atoms with E-state index in [4.69, 9.17) is 27.9 Å². The summed E-state index contributed by atoms with van der Waals surface area (Å²) in [4.78, 5) is 2.22. The Bertz CT molecular complexity index is 881. The molecule has 1 heterocycles. The van der Waals surface area contributed by atoms with E-state index in [0.717, 1.165) is 5.69 Å². The van der Waals surface area contributed by atoms with Crippen LogP contribution in [0.4, 0.5) is 11.4 Å². The Morgan fingerprint density at radius 2 is 1.84 bits per heavy atom. The zero-order valence-corrected chi connectivity index (χ0v) is 16.0. The van der Waals surface area contributed by atoms with E-state index in [2.05, 4.69) is 9.62 Å². The highest BCUT2D eigenvalue weighted by molar-refractivity contribution is 7.92. The lowest BCUT2D eigenvalue weighted by molar-refractivity contribution is 0.123. The maximum atomic E-state index is 12.9. The molecule has 1 fully saturated rings. The van der Waals surface area contributed by atoms with E-state index in [-0.39, 0.29) is 4.90 Å². The standard InChI is InChI=1S/C17H18Cl2N2O3S/c1-12-14(19)3-2-4-17(12)25(22,23)20-15-11-13(18)5-6-16(15)21-7-9-24-10-8-21/h2-6,11,20H,7-10H2,1H3. The van der Waals surface area contributed by atoms with Gasteiger partial charge in [0, 0.05) is 23.1 Å². The van der Waals surface area contributed by atoms with Crippen molar-refractivity contribution in [2.24, 2.45) is 0 Å². The number of nitrogens with one attached hydrogen (secondary N) is 1. The highest BCUT2D eigenvalue weighted by atomic mass is 35.5. The summed E-state index contributed by atoms with van der Waals surface area (Å²) in [5.41, 5.74) is 1.72. The summed E-state index contributed by atoms with van der Waals surface area (Å²) < 4.78 is 33.7. The Balaban J connectivity index is 1.99. The fourth-order valence-electron chi connectivity index (χ4n) is 2.75. The Hall–Kier alpha value is -1.47. The molecule has 25 heavy (non-hydrogen) atoms. The van der Waals surface area contributed by atoms with Crippen LogP contribution in [0, 0.1) is 6.92 Å². The van der Waals surface area contributed by atoms with Gasteiger partial charge in [-0.3, -0.25) is 4.72 Å². The van der Waals surface area contributed by atoms with Crippen molar-refractivity contribution in [3.8, 4) is 0 Å². The van der Waals surface area contributed by atoms with Crippen LogP contribution in [0.15, 0.2) is 41.3 Å². The number of ether oxygens (including phenoxy) is 1. The Morgan fingerprint density at radius 3 is 2.56 bits per heavy atom. The van der Waals surface area contributed by atoms with Gasteiger partial charge in [0.2, 0.25) is 0 Å². The fraction of sp³-hybridized carbons (Fsp3) is 0.294. The molecule has 0 aromatic heterocycles. The van der Waals surface area contributed by atoms with E-state index >= 15 is 0 Å². The zero-order chi connectivity index (χ0) is 18.0. The van der Waals surface area contributed by atoms with Crippen molar-refractivity contribution in [3.63, 3.8) is 0 Å². The van der Waals surface area contributed by atoms with Crippen LogP contribution in [0.1, 0.15) is 5.56 Å². The second-order valence-corrected chi connectivity index (χ2v) is 8.22. The molecule has 1 aliphatic heterocycles. The Labute approximate surface area is 157 Å². The van der Waals surface area contributed by atoms with Crippen LogP contribution in [0.25, 0.3) is 0 Å². The lowest BCUT2D eigenvalue weighted by Crippen LogP contribution is -2.36. The van der Waals surface area contributed by atoms with Gasteiger partial charge in [0.1, 0.15) is 0 Å². The molecule has 134 valence electrons. The molecule has 0 amide bonds. The molecule has 0 spiro atoms. The van der Waals surface area contributed by atoms with Crippen molar-refractivity contribution in [2.45, 2.75) is 11.8 Å². The first kappa shape index (κ1) is 18.3. The van der Waals surface area contributed by atoms with Crippen LogP contribution >= 0.6 is 23.2 Å². The molecule has 1 saturated heterocycles. The predicted molar refractivity (Wildman–Crippen MR) is 101 cm³/mol. The number of anilines is 2. The minimum atomic E-state index is -3.80. The van der Waals surface area contributed by atoms with Gasteiger partial charge in [0.25, 0.3) is 10.0 Å². The summed E-state index contributed by atoms with van der Waals surface area (Å²) in [6.07, 6.45) is 0. The highest BCUT2D eigenvalue weighted by Crippen LogP contribution is 2.32. The molecule has 0 aliphatic carbocycles. The third kappa shape index (κ3) is 4.03. The summed E-state index contributed by atoms with van der Waals surface area (Å²) in [6.45, 7) is 4.25. The summed E-state index contributed by atoms with van der Waals surface area (Å²) in [7, 11) is -3.80. The Morgan fingerprint density at radius 1 is 1.12 bits per heavy atom. The molecule has 0 unspecified atom stereocenters. The van der Waals surface area contributed by atoms with Crippen molar-refractivity contribution >= 4 is 44.6 Å². The smallest absolute Gasteiger partial charge is 0.262 e. The third-order valence-electron chi connectivity index (χ3n) is 4.06. The van der Waals surface area contributed by atoms with Crippen molar-refractivity contribution < 1.29 is 13.2 Å². The maximum Gasteiger partial charge on any atom is 0.262 e. The first-order valence-electron chi connectivity index (χ1n) is 7.79. The second kappa shape index (κ2) is 7.41. The van der Waals surface area contributed by atoms with Crippen molar-refractivity contribution in [1.29, 1.82) is 0 Å². The number of sulfonamides is 1. The summed E-state index contributed by atoms with van der Waals surface area (Å²) >= 11 is 12.2. The van der Waals surface area contributed by atoms with Gasteiger partial charge in [0.15, 0.2) is 0 Å². The molecule has 0 bridgehead atoms. The number of morpholine rings is 1. The van der Waals surface area contributed by atoms with Gasteiger partial charge in [-0.05, 0) is 42.8 Å².